The van der Waals surface area contributed by atoms with Crippen LogP contribution in [-0.4, -0.2) is 31.1 Å². The molecule has 0 radical (unpaired) electrons. The van der Waals surface area contributed by atoms with Gasteiger partial charge < -0.3 is 19.2 Å². The van der Waals surface area contributed by atoms with Crippen LogP contribution in [0.5, 0.6) is 0 Å². The molecule has 7 nitrogen and oxygen atoms in total. The number of ether oxygens (including phenoxy) is 2. The molecule has 1 aromatic carbocycles. The van der Waals surface area contributed by atoms with Gasteiger partial charge in [0.1, 0.15) is 15.6 Å². The number of furan rings is 1. The number of carbonyl (C=O) groups excluding carboxylic acids is 3. The van der Waals surface area contributed by atoms with Gasteiger partial charge in [-0.1, -0.05) is 23.2 Å². The van der Waals surface area contributed by atoms with E-state index in [0.717, 1.165) is 11.3 Å². The lowest BCUT2D eigenvalue weighted by molar-refractivity contribution is 0.0527. The molecular weight excluding hydrogens is 477 g/mol. The van der Waals surface area contributed by atoms with Crippen molar-refractivity contribution in [2.24, 2.45) is 0 Å². The molecule has 0 aliphatic heterocycles. The Labute approximate surface area is 198 Å². The Balaban J connectivity index is 1.93. The number of amides is 1. The second-order valence-electron chi connectivity index (χ2n) is 6.44. The number of anilines is 1. The summed E-state index contributed by atoms with van der Waals surface area (Å²) in [6.07, 6.45) is 0. The fourth-order valence-electron chi connectivity index (χ4n) is 2.90. The van der Waals surface area contributed by atoms with Gasteiger partial charge in [-0.2, -0.15) is 0 Å². The Morgan fingerprint density at radius 1 is 1.03 bits per heavy atom. The van der Waals surface area contributed by atoms with Crippen LogP contribution < -0.4 is 5.32 Å². The fourth-order valence-corrected chi connectivity index (χ4v) is 4.36. The normalized spacial score (nSPS) is 10.7. The molecule has 0 saturated heterocycles. The molecular formula is C22H19Cl2NO6S. The summed E-state index contributed by atoms with van der Waals surface area (Å²) >= 11 is 13.2. The second kappa shape index (κ2) is 10.2. The van der Waals surface area contributed by atoms with Gasteiger partial charge in [0.05, 0.1) is 23.8 Å². The van der Waals surface area contributed by atoms with Crippen LogP contribution >= 0.6 is 34.5 Å². The predicted octanol–water partition coefficient (Wildman–Crippen LogP) is 6.23. The number of esters is 2. The molecule has 2 heterocycles. The third kappa shape index (κ3) is 4.98. The van der Waals surface area contributed by atoms with Crippen molar-refractivity contribution in [3.8, 4) is 11.3 Å². The van der Waals surface area contributed by atoms with Crippen LogP contribution in [0.2, 0.25) is 10.0 Å². The third-order valence-electron chi connectivity index (χ3n) is 4.34. The zero-order valence-electron chi connectivity index (χ0n) is 17.4. The van der Waals surface area contributed by atoms with E-state index in [4.69, 9.17) is 37.1 Å². The summed E-state index contributed by atoms with van der Waals surface area (Å²) in [5.74, 6) is -1.52. The van der Waals surface area contributed by atoms with E-state index in [-0.39, 0.29) is 34.4 Å². The first-order valence-corrected chi connectivity index (χ1v) is 11.2. The highest BCUT2D eigenvalue weighted by Gasteiger charge is 2.28. The van der Waals surface area contributed by atoms with Gasteiger partial charge in [-0.3, -0.25) is 4.79 Å². The number of carbonyl (C=O) groups is 3. The van der Waals surface area contributed by atoms with Crippen LogP contribution in [-0.2, 0) is 9.47 Å². The van der Waals surface area contributed by atoms with Gasteiger partial charge in [0.25, 0.3) is 5.91 Å². The van der Waals surface area contributed by atoms with Gasteiger partial charge in [-0.25, -0.2) is 9.59 Å². The lowest BCUT2D eigenvalue weighted by atomic mass is 10.1. The molecule has 0 unspecified atom stereocenters. The minimum atomic E-state index is -0.655. The third-order valence-corrected chi connectivity index (χ3v) is 6.09. The van der Waals surface area contributed by atoms with E-state index in [0.29, 0.717) is 26.9 Å². The molecule has 1 amide bonds. The minimum Gasteiger partial charge on any atom is -0.462 e. The van der Waals surface area contributed by atoms with E-state index in [1.807, 2.05) is 0 Å². The Hall–Kier alpha value is -2.81. The molecule has 0 fully saturated rings. The number of nitrogens with one attached hydrogen (secondary N) is 1. The van der Waals surface area contributed by atoms with Crippen LogP contribution in [0.25, 0.3) is 11.3 Å². The van der Waals surface area contributed by atoms with Crippen LogP contribution in [0.15, 0.2) is 34.7 Å². The molecule has 2 aromatic heterocycles. The number of halogens is 2. The Morgan fingerprint density at radius 3 is 2.41 bits per heavy atom. The van der Waals surface area contributed by atoms with Gasteiger partial charge in [0.2, 0.25) is 0 Å². The molecule has 32 heavy (non-hydrogen) atoms. The summed E-state index contributed by atoms with van der Waals surface area (Å²) in [6.45, 7) is 5.24. The molecule has 3 aromatic rings. The van der Waals surface area contributed by atoms with E-state index < -0.39 is 17.8 Å². The van der Waals surface area contributed by atoms with Crippen LogP contribution in [0.4, 0.5) is 5.00 Å². The fraction of sp³-hybridized carbons (Fsp3) is 0.227. The van der Waals surface area contributed by atoms with Crippen molar-refractivity contribution in [3.05, 3.63) is 62.1 Å². The predicted molar refractivity (Wildman–Crippen MR) is 123 cm³/mol. The van der Waals surface area contributed by atoms with E-state index in [1.54, 1.807) is 45.0 Å². The van der Waals surface area contributed by atoms with E-state index in [1.165, 1.54) is 6.07 Å². The van der Waals surface area contributed by atoms with Crippen molar-refractivity contribution in [1.29, 1.82) is 0 Å². The topological polar surface area (TPSA) is 94.8 Å². The van der Waals surface area contributed by atoms with Gasteiger partial charge >= 0.3 is 11.9 Å². The summed E-state index contributed by atoms with van der Waals surface area (Å²) in [6, 6.07) is 7.94. The van der Waals surface area contributed by atoms with Gasteiger partial charge in [0, 0.05) is 10.6 Å². The maximum absolute atomic E-state index is 12.8. The van der Waals surface area contributed by atoms with Crippen LogP contribution in [0, 0.1) is 6.92 Å². The maximum Gasteiger partial charge on any atom is 0.348 e. The number of hydrogen-bond acceptors (Lipinski definition) is 7. The van der Waals surface area contributed by atoms with Crippen molar-refractivity contribution in [2.45, 2.75) is 20.8 Å². The summed E-state index contributed by atoms with van der Waals surface area (Å²) in [7, 11) is 0. The molecule has 1 N–H and O–H groups in total. The summed E-state index contributed by atoms with van der Waals surface area (Å²) in [4.78, 5) is 37.8. The molecule has 0 bridgehead atoms. The SMILES string of the molecule is CCOC(=O)c1sc(NC(=O)c2ccc(-c3cc(Cl)ccc3Cl)o2)c(C(=O)OCC)c1C. The maximum atomic E-state index is 12.8. The van der Waals surface area contributed by atoms with E-state index in [9.17, 15) is 14.4 Å². The van der Waals surface area contributed by atoms with E-state index in [2.05, 4.69) is 5.32 Å². The van der Waals surface area contributed by atoms with Gasteiger partial charge in [0.15, 0.2) is 5.76 Å². The van der Waals surface area contributed by atoms with Gasteiger partial charge in [-0.15, -0.1) is 11.3 Å². The van der Waals surface area contributed by atoms with Crippen molar-refractivity contribution in [2.75, 3.05) is 18.5 Å². The Bertz CT molecular complexity index is 1180. The molecule has 0 spiro atoms. The summed E-state index contributed by atoms with van der Waals surface area (Å²) in [5, 5.41) is 3.67. The molecule has 0 aliphatic rings. The minimum absolute atomic E-state index is 0.0189. The highest BCUT2D eigenvalue weighted by Crippen LogP contribution is 2.36. The van der Waals surface area contributed by atoms with Crippen LogP contribution in [0.1, 0.15) is 50.0 Å². The summed E-state index contributed by atoms with van der Waals surface area (Å²) < 4.78 is 15.8. The quantitative estimate of drug-likeness (QED) is 0.390. The largest absolute Gasteiger partial charge is 0.462 e. The molecule has 3 rings (SSSR count). The van der Waals surface area contributed by atoms with Crippen molar-refractivity contribution in [1.82, 2.24) is 0 Å². The average Bonchev–Trinajstić information content (AvgIpc) is 3.35. The van der Waals surface area contributed by atoms with Crippen molar-refractivity contribution < 1.29 is 28.3 Å². The van der Waals surface area contributed by atoms with Crippen molar-refractivity contribution >= 4 is 57.4 Å². The molecule has 0 saturated carbocycles. The lowest BCUT2D eigenvalue weighted by Gasteiger charge is -2.06. The molecule has 0 atom stereocenters. The number of hydrogen-bond donors (Lipinski definition) is 1. The van der Waals surface area contributed by atoms with E-state index >= 15 is 0 Å². The first kappa shape index (κ1) is 23.8. The highest BCUT2D eigenvalue weighted by molar-refractivity contribution is 7.18. The highest BCUT2D eigenvalue weighted by atomic mass is 35.5. The Kier molecular flexibility index (Phi) is 7.60. The molecule has 0 aliphatic carbocycles. The first-order valence-electron chi connectivity index (χ1n) is 9.61. The summed E-state index contributed by atoms with van der Waals surface area (Å²) in [5.41, 5.74) is 0.993. The second-order valence-corrected chi connectivity index (χ2v) is 8.31. The number of benzene rings is 1. The molecule has 10 heteroatoms. The zero-order chi connectivity index (χ0) is 23.4. The van der Waals surface area contributed by atoms with Gasteiger partial charge in [-0.05, 0) is 56.7 Å². The zero-order valence-corrected chi connectivity index (χ0v) is 19.7. The lowest BCUT2D eigenvalue weighted by Crippen LogP contribution is -2.14. The standard InChI is InChI=1S/C22H19Cl2NO6S/c1-4-29-21(27)17-11(3)18(22(28)30-5-2)32-20(17)25-19(26)16-9-8-15(31-16)13-10-12(23)6-7-14(13)24/h6-10H,4-5H2,1-3H3,(H,25,26). The Morgan fingerprint density at radius 2 is 1.72 bits per heavy atom. The average molecular weight is 496 g/mol. The smallest absolute Gasteiger partial charge is 0.348 e. The van der Waals surface area contributed by atoms with Crippen LogP contribution in [0.3, 0.4) is 0 Å². The van der Waals surface area contributed by atoms with Crippen molar-refractivity contribution in [3.63, 3.8) is 0 Å². The number of thiophene rings is 1. The first-order chi connectivity index (χ1) is 15.3. The molecule has 168 valence electrons. The monoisotopic (exact) mass is 495 g/mol. The number of rotatable bonds is 7.